The minimum atomic E-state index is -0.239. The molecule has 2 aromatic carbocycles. The first-order valence-electron chi connectivity index (χ1n) is 10.3. The van der Waals surface area contributed by atoms with E-state index < -0.39 is 0 Å². The van der Waals surface area contributed by atoms with Crippen LogP contribution in [0.2, 0.25) is 0 Å². The predicted octanol–water partition coefficient (Wildman–Crippen LogP) is 5.37. The van der Waals surface area contributed by atoms with Crippen molar-refractivity contribution in [2.45, 2.75) is 50.2 Å². The summed E-state index contributed by atoms with van der Waals surface area (Å²) in [7, 11) is 0. The van der Waals surface area contributed by atoms with Gasteiger partial charge in [0.2, 0.25) is 0 Å². The van der Waals surface area contributed by atoms with Crippen molar-refractivity contribution in [2.24, 2.45) is 11.8 Å². The van der Waals surface area contributed by atoms with Gasteiger partial charge in [-0.3, -0.25) is 4.79 Å². The standard InChI is InChI=1S/C25H26O3S/c1-12-9-13(2)19(14(3)10-12)21-23(26)20-18-11-17(25(28-18)22(20)24(21)27)15-5-7-16(29-4)8-6-15/h5-10,17-18,20,22,25,27H,11H2,1-4H3/t17-,18+,20+,22-,25-/m1/s1. The van der Waals surface area contributed by atoms with Gasteiger partial charge in [0.05, 0.1) is 29.6 Å². The Morgan fingerprint density at radius 2 is 1.69 bits per heavy atom. The number of hydrogen-bond donors (Lipinski definition) is 1. The maximum Gasteiger partial charge on any atom is 0.173 e. The second-order valence-electron chi connectivity index (χ2n) is 8.70. The molecule has 5 rings (SSSR count). The molecule has 3 aliphatic rings. The highest BCUT2D eigenvalue weighted by molar-refractivity contribution is 7.98. The Morgan fingerprint density at radius 3 is 2.31 bits per heavy atom. The molecule has 0 saturated carbocycles. The summed E-state index contributed by atoms with van der Waals surface area (Å²) in [6.45, 7) is 6.11. The minimum absolute atomic E-state index is 0.0613. The number of carbonyl (C=O) groups is 1. The fourth-order valence-corrected chi connectivity index (χ4v) is 6.27. The Kier molecular flexibility index (Phi) is 4.41. The fraction of sp³-hybridized carbons (Fsp3) is 0.400. The van der Waals surface area contributed by atoms with E-state index in [0.717, 1.165) is 23.1 Å². The fourth-order valence-electron chi connectivity index (χ4n) is 5.86. The van der Waals surface area contributed by atoms with E-state index in [1.807, 2.05) is 13.8 Å². The van der Waals surface area contributed by atoms with Crippen molar-refractivity contribution < 1.29 is 14.6 Å². The lowest BCUT2D eigenvalue weighted by Crippen LogP contribution is -2.33. The first kappa shape index (κ1) is 19.0. The van der Waals surface area contributed by atoms with E-state index >= 15 is 0 Å². The highest BCUT2D eigenvalue weighted by Crippen LogP contribution is 2.58. The number of aliphatic hydroxyl groups is 1. The first-order valence-corrected chi connectivity index (χ1v) is 11.5. The van der Waals surface area contributed by atoms with Crippen LogP contribution in [0, 0.1) is 32.6 Å². The van der Waals surface area contributed by atoms with Gasteiger partial charge in [-0.25, -0.2) is 0 Å². The largest absolute Gasteiger partial charge is 0.511 e. The highest BCUT2D eigenvalue weighted by Gasteiger charge is 2.62. The maximum absolute atomic E-state index is 13.4. The zero-order valence-corrected chi connectivity index (χ0v) is 18.0. The van der Waals surface area contributed by atoms with E-state index in [9.17, 15) is 9.90 Å². The average Bonchev–Trinajstić information content (AvgIpc) is 3.34. The summed E-state index contributed by atoms with van der Waals surface area (Å²) in [5.41, 5.74) is 5.96. The molecule has 2 fully saturated rings. The molecule has 0 amide bonds. The molecule has 1 N–H and O–H groups in total. The number of carbonyl (C=O) groups excluding carboxylic acids is 1. The van der Waals surface area contributed by atoms with E-state index in [1.165, 1.54) is 16.0 Å². The Labute approximate surface area is 176 Å². The van der Waals surface area contributed by atoms with Crippen LogP contribution in [-0.4, -0.2) is 29.4 Å². The van der Waals surface area contributed by atoms with Crippen LogP contribution in [-0.2, 0) is 9.53 Å². The first-order chi connectivity index (χ1) is 13.9. The van der Waals surface area contributed by atoms with Crippen LogP contribution < -0.4 is 0 Å². The highest BCUT2D eigenvalue weighted by atomic mass is 32.2. The van der Waals surface area contributed by atoms with E-state index in [-0.39, 0.29) is 41.5 Å². The Hall–Kier alpha value is -2.04. The minimum Gasteiger partial charge on any atom is -0.511 e. The quantitative estimate of drug-likeness (QED) is 0.696. The zero-order chi connectivity index (χ0) is 20.4. The molecular formula is C25H26O3S. The molecule has 2 aliphatic heterocycles. The topological polar surface area (TPSA) is 46.5 Å². The van der Waals surface area contributed by atoms with Gasteiger partial charge in [0.1, 0.15) is 5.76 Å². The van der Waals surface area contributed by atoms with Gasteiger partial charge in [-0.15, -0.1) is 11.8 Å². The summed E-state index contributed by atoms with van der Waals surface area (Å²) < 4.78 is 6.25. The third-order valence-corrected chi connectivity index (χ3v) is 7.69. The number of thioether (sulfide) groups is 1. The second-order valence-corrected chi connectivity index (χ2v) is 9.58. The van der Waals surface area contributed by atoms with Crippen LogP contribution >= 0.6 is 11.8 Å². The molecule has 2 saturated heterocycles. The number of benzene rings is 2. The summed E-state index contributed by atoms with van der Waals surface area (Å²) in [6, 6.07) is 12.8. The van der Waals surface area contributed by atoms with Crippen molar-refractivity contribution in [3.8, 4) is 0 Å². The summed E-state index contributed by atoms with van der Waals surface area (Å²) in [5, 5.41) is 11.2. The van der Waals surface area contributed by atoms with Gasteiger partial charge in [0, 0.05) is 10.8 Å². The number of fused-ring (bicyclic) bond motifs is 5. The number of ether oxygens (including phenoxy) is 1. The third-order valence-electron chi connectivity index (χ3n) is 6.95. The molecule has 150 valence electrons. The van der Waals surface area contributed by atoms with E-state index in [0.29, 0.717) is 5.57 Å². The number of aryl methyl sites for hydroxylation is 3. The Morgan fingerprint density at radius 1 is 1.03 bits per heavy atom. The van der Waals surface area contributed by atoms with Crippen molar-refractivity contribution in [1.82, 2.24) is 0 Å². The van der Waals surface area contributed by atoms with Crippen molar-refractivity contribution in [2.75, 3.05) is 6.26 Å². The van der Waals surface area contributed by atoms with Gasteiger partial charge in [0.15, 0.2) is 5.78 Å². The lowest BCUT2D eigenvalue weighted by Gasteiger charge is -2.27. The number of ketones is 1. The molecule has 29 heavy (non-hydrogen) atoms. The maximum atomic E-state index is 13.4. The molecule has 0 unspecified atom stereocenters. The number of aliphatic hydroxyl groups excluding tert-OH is 1. The average molecular weight is 407 g/mol. The third kappa shape index (κ3) is 2.72. The van der Waals surface area contributed by atoms with Gasteiger partial charge in [-0.05, 0) is 67.8 Å². The molecule has 2 aromatic rings. The molecule has 1 aliphatic carbocycles. The van der Waals surface area contributed by atoms with E-state index in [4.69, 9.17) is 4.74 Å². The van der Waals surface area contributed by atoms with Crippen molar-refractivity contribution >= 4 is 23.1 Å². The number of Topliss-reactive ketones (excluding diaryl/α,β-unsaturated/α-hetero) is 1. The van der Waals surface area contributed by atoms with E-state index in [1.54, 1.807) is 11.8 Å². The molecular weight excluding hydrogens is 380 g/mol. The van der Waals surface area contributed by atoms with Crippen LogP contribution in [0.4, 0.5) is 0 Å². The molecule has 5 atom stereocenters. The predicted molar refractivity (Wildman–Crippen MR) is 116 cm³/mol. The molecule has 3 nitrogen and oxygen atoms in total. The van der Waals surface area contributed by atoms with Crippen LogP contribution in [0.15, 0.2) is 47.1 Å². The van der Waals surface area contributed by atoms with Crippen LogP contribution in [0.5, 0.6) is 0 Å². The van der Waals surface area contributed by atoms with Crippen molar-refractivity contribution in [3.63, 3.8) is 0 Å². The summed E-state index contributed by atoms with van der Waals surface area (Å²) in [6.07, 6.45) is 2.69. The van der Waals surface area contributed by atoms with Crippen molar-refractivity contribution in [3.05, 3.63) is 70.0 Å². The van der Waals surface area contributed by atoms with Gasteiger partial charge in [-0.2, -0.15) is 0 Å². The zero-order valence-electron chi connectivity index (χ0n) is 17.2. The van der Waals surface area contributed by atoms with Crippen LogP contribution in [0.3, 0.4) is 0 Å². The van der Waals surface area contributed by atoms with Gasteiger partial charge in [-0.1, -0.05) is 29.8 Å². The number of rotatable bonds is 3. The molecule has 4 heteroatoms. The summed E-state index contributed by atoms with van der Waals surface area (Å²) in [4.78, 5) is 14.6. The van der Waals surface area contributed by atoms with Crippen molar-refractivity contribution in [1.29, 1.82) is 0 Å². The van der Waals surface area contributed by atoms with E-state index in [2.05, 4.69) is 49.6 Å². The Bertz CT molecular complexity index is 1010. The SMILES string of the molecule is CSc1ccc([C@H]2C[C@@H]3O[C@H]2[C@H]2C(O)=C(c4c(C)cc(C)cc4C)C(=O)[C@H]23)cc1. The Balaban J connectivity index is 1.54. The second kappa shape index (κ2) is 6.75. The van der Waals surface area contributed by atoms with Gasteiger partial charge >= 0.3 is 0 Å². The summed E-state index contributed by atoms with van der Waals surface area (Å²) in [5.74, 6) is 0.0734. The smallest absolute Gasteiger partial charge is 0.173 e. The number of allylic oxidation sites excluding steroid dienone is 1. The normalized spacial score (nSPS) is 30.3. The monoisotopic (exact) mass is 406 g/mol. The summed E-state index contributed by atoms with van der Waals surface area (Å²) >= 11 is 1.73. The lowest BCUT2D eigenvalue weighted by molar-refractivity contribution is -0.118. The molecule has 2 heterocycles. The lowest BCUT2D eigenvalue weighted by atomic mass is 9.72. The molecule has 2 bridgehead atoms. The molecule has 0 spiro atoms. The molecule has 0 radical (unpaired) electrons. The molecule has 0 aromatic heterocycles. The van der Waals surface area contributed by atoms with Gasteiger partial charge in [0.25, 0.3) is 0 Å². The van der Waals surface area contributed by atoms with Crippen LogP contribution in [0.25, 0.3) is 5.57 Å². The van der Waals surface area contributed by atoms with Gasteiger partial charge < -0.3 is 9.84 Å². The van der Waals surface area contributed by atoms with Crippen LogP contribution in [0.1, 0.15) is 40.2 Å². The number of hydrogen-bond acceptors (Lipinski definition) is 4.